The number of rotatable bonds is 5. The molecule has 0 bridgehead atoms. The lowest BCUT2D eigenvalue weighted by Crippen LogP contribution is -2.44. The lowest BCUT2D eigenvalue weighted by molar-refractivity contribution is -0.137. The summed E-state index contributed by atoms with van der Waals surface area (Å²) in [5.74, 6) is 1.16. The Morgan fingerprint density at radius 3 is 2.43 bits per heavy atom. The van der Waals surface area contributed by atoms with Crippen molar-refractivity contribution in [1.82, 2.24) is 25.2 Å². The van der Waals surface area contributed by atoms with Crippen molar-refractivity contribution in [3.8, 4) is 0 Å². The van der Waals surface area contributed by atoms with Crippen molar-refractivity contribution < 1.29 is 22.8 Å². The molecular weight excluding hydrogens is 549 g/mol. The molecule has 4 rings (SSSR count). The van der Waals surface area contributed by atoms with E-state index in [4.69, 9.17) is 11.1 Å². The summed E-state index contributed by atoms with van der Waals surface area (Å²) < 4.78 is 36.1. The third-order valence-corrected chi connectivity index (χ3v) is 6.27. The molecule has 42 heavy (non-hydrogen) atoms. The lowest BCUT2D eigenvalue weighted by atomic mass is 10.0. The number of aldehydes is 1. The van der Waals surface area contributed by atoms with Crippen molar-refractivity contribution in [3.63, 3.8) is 0 Å². The molecular formula is C29H37F3N8O2. The second-order valence-electron chi connectivity index (χ2n) is 9.54. The molecule has 2 aromatic heterocycles. The minimum Gasteiger partial charge on any atom is -0.383 e. The standard InChI is InChI=1S/C13H12N4O.C9H18N2O.C7H7F3N2/c1-8-11(13(15)17-7-16-8)12(14)10-4-2-9(6-18)3-5-10;1-3-10-9(12)11-6-4-5-8(2)7-11;1-11-6-4-5(2-3-12-6)7(8,9)10/h2-7,14H,1H3,(H2,15,16,17);8H,3-7H2,1-2H3,(H,10,12);2-4H,1H3,(H,11,12). The van der Waals surface area contributed by atoms with Crippen molar-refractivity contribution >= 4 is 29.7 Å². The summed E-state index contributed by atoms with van der Waals surface area (Å²) in [5, 5.41) is 13.5. The van der Waals surface area contributed by atoms with Crippen LogP contribution in [0.3, 0.4) is 0 Å². The number of nitrogens with two attached hydrogens (primary N) is 1. The topological polar surface area (TPSA) is 150 Å². The molecule has 1 unspecified atom stereocenters. The summed E-state index contributed by atoms with van der Waals surface area (Å²) in [6.45, 7) is 8.50. The minimum absolute atomic E-state index is 0.101. The van der Waals surface area contributed by atoms with Gasteiger partial charge < -0.3 is 21.3 Å². The molecule has 226 valence electrons. The number of likely N-dealkylation sites (tertiary alicyclic amines) is 1. The number of piperidine rings is 1. The zero-order chi connectivity index (χ0) is 31.3. The quantitative estimate of drug-likeness (QED) is 0.237. The van der Waals surface area contributed by atoms with Gasteiger partial charge in [-0.1, -0.05) is 31.2 Å². The molecule has 1 aliphatic heterocycles. The molecule has 1 fully saturated rings. The zero-order valence-corrected chi connectivity index (χ0v) is 24.1. The number of carbonyl (C=O) groups excluding carboxylic acids is 2. The maximum absolute atomic E-state index is 12.0. The second kappa shape index (κ2) is 16.0. The van der Waals surface area contributed by atoms with Gasteiger partial charge in [0.2, 0.25) is 0 Å². The molecule has 10 nitrogen and oxygen atoms in total. The van der Waals surface area contributed by atoms with Crippen molar-refractivity contribution in [2.75, 3.05) is 37.7 Å². The van der Waals surface area contributed by atoms with Gasteiger partial charge >= 0.3 is 12.2 Å². The van der Waals surface area contributed by atoms with Crippen LogP contribution < -0.4 is 16.4 Å². The number of aryl methyl sites for hydroxylation is 1. The summed E-state index contributed by atoms with van der Waals surface area (Å²) in [7, 11) is 1.52. The molecule has 0 saturated carbocycles. The second-order valence-corrected chi connectivity index (χ2v) is 9.54. The average Bonchev–Trinajstić information content (AvgIpc) is 2.97. The maximum Gasteiger partial charge on any atom is 0.416 e. The highest BCUT2D eigenvalue weighted by Gasteiger charge is 2.30. The van der Waals surface area contributed by atoms with E-state index in [0.29, 0.717) is 28.3 Å². The van der Waals surface area contributed by atoms with Crippen molar-refractivity contribution in [3.05, 3.63) is 76.9 Å². The van der Waals surface area contributed by atoms with E-state index in [2.05, 4.69) is 32.5 Å². The highest BCUT2D eigenvalue weighted by Crippen LogP contribution is 2.29. The number of pyridine rings is 1. The average molecular weight is 587 g/mol. The number of nitrogens with one attached hydrogen (secondary N) is 3. The predicted octanol–water partition coefficient (Wildman–Crippen LogP) is 5.19. The van der Waals surface area contributed by atoms with Gasteiger partial charge in [-0.3, -0.25) is 10.2 Å². The van der Waals surface area contributed by atoms with E-state index in [1.165, 1.54) is 19.8 Å². The smallest absolute Gasteiger partial charge is 0.383 e. The highest BCUT2D eigenvalue weighted by molar-refractivity contribution is 6.14. The van der Waals surface area contributed by atoms with Gasteiger partial charge in [0.25, 0.3) is 0 Å². The number of amides is 2. The number of halogens is 3. The molecule has 1 atom stereocenters. The largest absolute Gasteiger partial charge is 0.416 e. The number of anilines is 2. The van der Waals surface area contributed by atoms with Gasteiger partial charge in [0.05, 0.1) is 22.5 Å². The third-order valence-electron chi connectivity index (χ3n) is 6.27. The number of nitrogen functional groups attached to an aromatic ring is 1. The number of hydrogen-bond donors (Lipinski definition) is 4. The fraction of sp³-hybridized carbons (Fsp3) is 0.379. The van der Waals surface area contributed by atoms with E-state index in [9.17, 15) is 22.8 Å². The summed E-state index contributed by atoms with van der Waals surface area (Å²) >= 11 is 0. The van der Waals surface area contributed by atoms with Crippen LogP contribution in [0, 0.1) is 18.3 Å². The first-order valence-electron chi connectivity index (χ1n) is 13.4. The monoisotopic (exact) mass is 586 g/mol. The molecule has 0 aliphatic carbocycles. The van der Waals surface area contributed by atoms with Gasteiger partial charge in [-0.15, -0.1) is 0 Å². The normalized spacial score (nSPS) is 14.4. The Morgan fingerprint density at radius 2 is 1.88 bits per heavy atom. The van der Waals surface area contributed by atoms with E-state index in [0.717, 1.165) is 50.7 Å². The SMILES string of the molecule is CCNC(=O)N1CCCC(C)C1.CNc1cc(C(F)(F)F)ccn1.Cc1ncnc(N)c1C(=N)c1ccc(C=O)cc1. The van der Waals surface area contributed by atoms with Crippen LogP contribution in [0.1, 0.15) is 59.4 Å². The Balaban J connectivity index is 0.000000228. The molecule has 0 radical (unpaired) electrons. The number of aromatic nitrogens is 3. The van der Waals surface area contributed by atoms with Crippen LogP contribution in [0.5, 0.6) is 0 Å². The Bertz CT molecular complexity index is 1310. The van der Waals surface area contributed by atoms with Crippen LogP contribution >= 0.6 is 0 Å². The van der Waals surface area contributed by atoms with E-state index < -0.39 is 11.7 Å². The van der Waals surface area contributed by atoms with Crippen molar-refractivity contribution in [2.45, 2.75) is 39.8 Å². The predicted molar refractivity (Wildman–Crippen MR) is 157 cm³/mol. The number of benzene rings is 1. The molecule has 3 aromatic rings. The van der Waals surface area contributed by atoms with Crippen LogP contribution in [-0.2, 0) is 6.18 Å². The fourth-order valence-corrected chi connectivity index (χ4v) is 4.05. The van der Waals surface area contributed by atoms with Crippen molar-refractivity contribution in [2.24, 2.45) is 5.92 Å². The van der Waals surface area contributed by atoms with Gasteiger partial charge in [0.1, 0.15) is 24.2 Å². The summed E-state index contributed by atoms with van der Waals surface area (Å²) in [6, 6.07) is 8.72. The van der Waals surface area contributed by atoms with Crippen LogP contribution in [0.25, 0.3) is 0 Å². The Kier molecular flexibility index (Phi) is 12.8. The summed E-state index contributed by atoms with van der Waals surface area (Å²) in [5.41, 5.74) is 7.75. The summed E-state index contributed by atoms with van der Waals surface area (Å²) in [4.78, 5) is 35.4. The highest BCUT2D eigenvalue weighted by atomic mass is 19.4. The van der Waals surface area contributed by atoms with Crippen molar-refractivity contribution in [1.29, 1.82) is 5.41 Å². The lowest BCUT2D eigenvalue weighted by Gasteiger charge is -2.30. The zero-order valence-electron chi connectivity index (χ0n) is 24.1. The van der Waals surface area contributed by atoms with Crippen LogP contribution in [-0.4, -0.2) is 64.6 Å². The van der Waals surface area contributed by atoms with Crippen LogP contribution in [0.15, 0.2) is 48.9 Å². The molecule has 1 aliphatic rings. The molecule has 1 aromatic carbocycles. The molecule has 3 heterocycles. The molecule has 0 spiro atoms. The fourth-order valence-electron chi connectivity index (χ4n) is 4.05. The first kappa shape index (κ1) is 33.7. The molecule has 1 saturated heterocycles. The number of nitrogens with zero attached hydrogens (tertiary/aromatic N) is 4. The van der Waals surface area contributed by atoms with Crippen LogP contribution in [0.2, 0.25) is 0 Å². The van der Waals surface area contributed by atoms with E-state index in [1.54, 1.807) is 31.2 Å². The Morgan fingerprint density at radius 1 is 1.19 bits per heavy atom. The molecule has 13 heteroatoms. The first-order chi connectivity index (χ1) is 19.9. The van der Waals surface area contributed by atoms with Gasteiger partial charge in [-0.05, 0) is 44.7 Å². The first-order valence-corrected chi connectivity index (χ1v) is 13.4. The molecule has 2 amide bonds. The summed E-state index contributed by atoms with van der Waals surface area (Å²) in [6.07, 6.45) is 1.37. The number of hydrogen-bond acceptors (Lipinski definition) is 8. The van der Waals surface area contributed by atoms with Gasteiger partial charge in [0.15, 0.2) is 0 Å². The Hall–Kier alpha value is -4.55. The van der Waals surface area contributed by atoms with E-state index in [1.807, 2.05) is 11.8 Å². The van der Waals surface area contributed by atoms with E-state index in [-0.39, 0.29) is 23.4 Å². The maximum atomic E-state index is 12.0. The number of carbonyl (C=O) groups is 2. The molecule has 5 N–H and O–H groups in total. The van der Waals surface area contributed by atoms with Gasteiger partial charge in [0, 0.05) is 44.0 Å². The number of urea groups is 1. The van der Waals surface area contributed by atoms with Gasteiger partial charge in [-0.2, -0.15) is 13.2 Å². The third kappa shape index (κ3) is 10.1. The van der Waals surface area contributed by atoms with E-state index >= 15 is 0 Å². The minimum atomic E-state index is -4.30. The van der Waals surface area contributed by atoms with Gasteiger partial charge in [-0.25, -0.2) is 19.7 Å². The Labute approximate surface area is 243 Å². The van der Waals surface area contributed by atoms with Crippen LogP contribution in [0.4, 0.5) is 29.6 Å². The number of alkyl halides is 3.